The topological polar surface area (TPSA) is 39.7 Å². The van der Waals surface area contributed by atoms with Gasteiger partial charge in [0.05, 0.1) is 14.2 Å². The number of ether oxygens (including phenoxy) is 3. The minimum Gasteiger partial charge on any atom is -0.497 e. The quantitative estimate of drug-likeness (QED) is 0.529. The number of nitrogens with one attached hydrogen (secondary N) is 1. The maximum atomic E-state index is 5.94. The molecule has 1 N–H and O–H groups in total. The van der Waals surface area contributed by atoms with Crippen LogP contribution >= 0.6 is 12.2 Å². The smallest absolute Gasteiger partial charge is 0.161 e. The van der Waals surface area contributed by atoms with E-state index >= 15 is 0 Å². The molecule has 29 heavy (non-hydrogen) atoms. The lowest BCUT2D eigenvalue weighted by atomic mass is 10.1. The molecule has 3 aromatic rings. The maximum Gasteiger partial charge on any atom is 0.161 e. The van der Waals surface area contributed by atoms with Crippen LogP contribution in [0.5, 0.6) is 17.2 Å². The first kappa shape index (κ1) is 20.7. The van der Waals surface area contributed by atoms with E-state index in [1.807, 2.05) is 42.5 Å². The Morgan fingerprint density at radius 3 is 2.17 bits per heavy atom. The second-order valence-electron chi connectivity index (χ2n) is 6.67. The highest BCUT2D eigenvalue weighted by Crippen LogP contribution is 2.29. The molecule has 5 heteroatoms. The van der Waals surface area contributed by atoms with Crippen LogP contribution in [0, 0.1) is 6.92 Å². The van der Waals surface area contributed by atoms with E-state index in [0.717, 1.165) is 22.4 Å². The van der Waals surface area contributed by atoms with Crippen LogP contribution in [-0.4, -0.2) is 19.2 Å². The van der Waals surface area contributed by atoms with Gasteiger partial charge in [0.1, 0.15) is 17.3 Å². The van der Waals surface area contributed by atoms with Gasteiger partial charge in [-0.1, -0.05) is 54.2 Å². The van der Waals surface area contributed by atoms with Crippen molar-refractivity contribution < 1.29 is 14.2 Å². The van der Waals surface area contributed by atoms with Gasteiger partial charge >= 0.3 is 0 Å². The molecular formula is C24H25NO3S. The van der Waals surface area contributed by atoms with Crippen molar-refractivity contribution in [2.45, 2.75) is 20.1 Å². The summed E-state index contributed by atoms with van der Waals surface area (Å²) in [7, 11) is 3.29. The first-order chi connectivity index (χ1) is 14.1. The number of benzene rings is 3. The van der Waals surface area contributed by atoms with Crippen LogP contribution in [-0.2, 0) is 13.2 Å². The fourth-order valence-corrected chi connectivity index (χ4v) is 3.00. The van der Waals surface area contributed by atoms with E-state index < -0.39 is 0 Å². The lowest BCUT2D eigenvalue weighted by molar-refractivity contribution is 0.284. The normalized spacial score (nSPS) is 10.3. The summed E-state index contributed by atoms with van der Waals surface area (Å²) in [6.07, 6.45) is 0. The molecule has 0 saturated heterocycles. The number of methoxy groups -OCH3 is 2. The molecule has 0 spiro atoms. The van der Waals surface area contributed by atoms with Crippen LogP contribution < -0.4 is 19.5 Å². The van der Waals surface area contributed by atoms with Gasteiger partial charge in [0.15, 0.2) is 11.5 Å². The van der Waals surface area contributed by atoms with Crippen LogP contribution in [0.3, 0.4) is 0 Å². The molecule has 0 fully saturated rings. The third-order valence-electron chi connectivity index (χ3n) is 4.55. The van der Waals surface area contributed by atoms with Gasteiger partial charge in [-0.15, -0.1) is 0 Å². The van der Waals surface area contributed by atoms with Crippen LogP contribution in [0.4, 0.5) is 0 Å². The summed E-state index contributed by atoms with van der Waals surface area (Å²) in [4.78, 5) is 0.657. The van der Waals surface area contributed by atoms with Gasteiger partial charge in [-0.05, 0) is 48.4 Å². The summed E-state index contributed by atoms with van der Waals surface area (Å²) in [5.74, 6) is 2.18. The van der Waals surface area contributed by atoms with Crippen molar-refractivity contribution >= 4 is 17.2 Å². The van der Waals surface area contributed by atoms with E-state index in [9.17, 15) is 0 Å². The lowest BCUT2D eigenvalue weighted by Gasteiger charge is -2.14. The standard InChI is InChI=1S/C24H25NO3S/c1-17-4-6-19(7-5-17)16-28-22-13-10-20(14-23(22)27-3)24(29)25-15-18-8-11-21(26-2)12-9-18/h4-14H,15-16H2,1-3H3,(H,25,29). The van der Waals surface area contributed by atoms with Crippen molar-refractivity contribution in [2.24, 2.45) is 0 Å². The molecule has 3 rings (SSSR count). The van der Waals surface area contributed by atoms with E-state index in [1.165, 1.54) is 5.56 Å². The van der Waals surface area contributed by atoms with E-state index in [2.05, 4.69) is 36.5 Å². The summed E-state index contributed by atoms with van der Waals surface area (Å²) < 4.78 is 16.6. The third kappa shape index (κ3) is 5.72. The summed E-state index contributed by atoms with van der Waals surface area (Å²) >= 11 is 5.54. The highest BCUT2D eigenvalue weighted by molar-refractivity contribution is 7.80. The Morgan fingerprint density at radius 1 is 0.828 bits per heavy atom. The molecule has 0 unspecified atom stereocenters. The van der Waals surface area contributed by atoms with Gasteiger partial charge < -0.3 is 19.5 Å². The van der Waals surface area contributed by atoms with Gasteiger partial charge in [-0.2, -0.15) is 0 Å². The lowest BCUT2D eigenvalue weighted by Crippen LogP contribution is -2.21. The minimum absolute atomic E-state index is 0.482. The van der Waals surface area contributed by atoms with E-state index in [4.69, 9.17) is 26.4 Å². The first-order valence-corrected chi connectivity index (χ1v) is 9.77. The molecule has 0 atom stereocenters. The largest absolute Gasteiger partial charge is 0.497 e. The molecule has 0 aliphatic carbocycles. The molecule has 0 bridgehead atoms. The Labute approximate surface area is 177 Å². The highest BCUT2D eigenvalue weighted by atomic mass is 32.1. The number of hydrogen-bond acceptors (Lipinski definition) is 4. The molecule has 0 heterocycles. The molecule has 0 radical (unpaired) electrons. The van der Waals surface area contributed by atoms with E-state index in [1.54, 1.807) is 14.2 Å². The molecule has 0 amide bonds. The van der Waals surface area contributed by atoms with Crippen molar-refractivity contribution in [3.05, 3.63) is 89.0 Å². The van der Waals surface area contributed by atoms with Gasteiger partial charge in [-0.3, -0.25) is 0 Å². The SMILES string of the molecule is COc1ccc(CNC(=S)c2ccc(OCc3ccc(C)cc3)c(OC)c2)cc1. The third-order valence-corrected chi connectivity index (χ3v) is 4.93. The van der Waals surface area contributed by atoms with Crippen molar-refractivity contribution in [3.8, 4) is 17.2 Å². The Kier molecular flexibility index (Phi) is 7.09. The predicted molar refractivity (Wildman–Crippen MR) is 120 cm³/mol. The molecular weight excluding hydrogens is 382 g/mol. The van der Waals surface area contributed by atoms with Crippen molar-refractivity contribution in [1.82, 2.24) is 5.32 Å². The Bertz CT molecular complexity index is 953. The fourth-order valence-electron chi connectivity index (χ4n) is 2.80. The van der Waals surface area contributed by atoms with Crippen LogP contribution in [0.2, 0.25) is 0 Å². The fraction of sp³-hybridized carbons (Fsp3) is 0.208. The molecule has 0 aliphatic rings. The van der Waals surface area contributed by atoms with E-state index in [-0.39, 0.29) is 0 Å². The van der Waals surface area contributed by atoms with Crippen LogP contribution in [0.1, 0.15) is 22.3 Å². The Morgan fingerprint density at radius 2 is 1.52 bits per heavy atom. The molecule has 0 saturated carbocycles. The molecule has 150 valence electrons. The second kappa shape index (κ2) is 9.94. The summed E-state index contributed by atoms with van der Waals surface area (Å²) in [5.41, 5.74) is 4.34. The molecule has 0 aliphatic heterocycles. The number of aryl methyl sites for hydroxylation is 1. The van der Waals surface area contributed by atoms with Crippen molar-refractivity contribution in [1.29, 1.82) is 0 Å². The van der Waals surface area contributed by atoms with Gasteiger partial charge in [0, 0.05) is 12.1 Å². The average molecular weight is 408 g/mol. The molecule has 4 nitrogen and oxygen atoms in total. The second-order valence-corrected chi connectivity index (χ2v) is 7.08. The number of rotatable bonds is 8. The first-order valence-electron chi connectivity index (χ1n) is 9.36. The van der Waals surface area contributed by atoms with Crippen molar-refractivity contribution in [3.63, 3.8) is 0 Å². The van der Waals surface area contributed by atoms with Crippen LogP contribution in [0.15, 0.2) is 66.7 Å². The number of hydrogen-bond donors (Lipinski definition) is 1. The highest BCUT2D eigenvalue weighted by Gasteiger charge is 2.09. The number of thiocarbonyl (C=S) groups is 1. The van der Waals surface area contributed by atoms with Gasteiger partial charge in [0.25, 0.3) is 0 Å². The monoisotopic (exact) mass is 407 g/mol. The molecule has 3 aromatic carbocycles. The summed E-state index contributed by atoms with van der Waals surface area (Å²) in [6.45, 7) is 3.19. The molecule has 0 aromatic heterocycles. The van der Waals surface area contributed by atoms with Crippen LogP contribution in [0.25, 0.3) is 0 Å². The summed E-state index contributed by atoms with van der Waals surface area (Å²) in [5, 5.41) is 3.28. The average Bonchev–Trinajstić information content (AvgIpc) is 2.77. The van der Waals surface area contributed by atoms with Gasteiger partial charge in [-0.25, -0.2) is 0 Å². The zero-order valence-electron chi connectivity index (χ0n) is 16.9. The van der Waals surface area contributed by atoms with Gasteiger partial charge in [0.2, 0.25) is 0 Å². The zero-order valence-corrected chi connectivity index (χ0v) is 17.7. The summed E-state index contributed by atoms with van der Waals surface area (Å²) in [6, 6.07) is 21.9. The zero-order chi connectivity index (χ0) is 20.6. The Hall–Kier alpha value is -3.05. The van der Waals surface area contributed by atoms with Crippen molar-refractivity contribution in [2.75, 3.05) is 14.2 Å². The van der Waals surface area contributed by atoms with E-state index in [0.29, 0.717) is 29.6 Å². The predicted octanol–water partition coefficient (Wildman–Crippen LogP) is 5.06. The Balaban J connectivity index is 1.61. The minimum atomic E-state index is 0.482. The maximum absolute atomic E-state index is 5.94.